The zero-order valence-corrected chi connectivity index (χ0v) is 14.2. The lowest BCUT2D eigenvalue weighted by molar-refractivity contribution is 0.0945. The molecule has 6 nitrogen and oxygen atoms in total. The number of carbonyl (C=O) groups excluding carboxylic acids is 1. The lowest BCUT2D eigenvalue weighted by Crippen LogP contribution is -2.33. The highest BCUT2D eigenvalue weighted by molar-refractivity contribution is 7.89. The summed E-state index contributed by atoms with van der Waals surface area (Å²) in [5, 5.41) is 5.91. The number of sulfonamides is 1. The molecule has 2 aliphatic rings. The minimum atomic E-state index is -3.61. The number of halogens is 1. The number of rotatable bonds is 4. The van der Waals surface area contributed by atoms with E-state index in [2.05, 4.69) is 15.4 Å². The summed E-state index contributed by atoms with van der Waals surface area (Å²) in [6.45, 7) is 2.55. The highest BCUT2D eigenvalue weighted by Gasteiger charge is 2.21. The first-order valence-electron chi connectivity index (χ1n) is 7.36. The molecule has 0 aromatic heterocycles. The van der Waals surface area contributed by atoms with Crippen LogP contribution in [0.15, 0.2) is 34.7 Å². The molecule has 0 spiro atoms. The second-order valence-corrected chi connectivity index (χ2v) is 7.23. The van der Waals surface area contributed by atoms with Crippen LogP contribution in [0, 0.1) is 0 Å². The third kappa shape index (κ3) is 4.11. The van der Waals surface area contributed by atoms with Gasteiger partial charge in [0.1, 0.15) is 0 Å². The van der Waals surface area contributed by atoms with E-state index in [9.17, 15) is 13.2 Å². The number of nitrogens with one attached hydrogen (secondary N) is 3. The van der Waals surface area contributed by atoms with E-state index in [1.165, 1.54) is 6.07 Å². The molecule has 0 bridgehead atoms. The summed E-state index contributed by atoms with van der Waals surface area (Å²) >= 11 is 0. The summed E-state index contributed by atoms with van der Waals surface area (Å²) in [5.41, 5.74) is 2.43. The van der Waals surface area contributed by atoms with Crippen molar-refractivity contribution in [1.29, 1.82) is 0 Å². The zero-order chi connectivity index (χ0) is 15.6. The molecule has 1 amide bonds. The fourth-order valence-electron chi connectivity index (χ4n) is 2.66. The summed E-state index contributed by atoms with van der Waals surface area (Å²) < 4.78 is 27.4. The van der Waals surface area contributed by atoms with Gasteiger partial charge in [0.25, 0.3) is 5.91 Å². The summed E-state index contributed by atoms with van der Waals surface area (Å²) in [4.78, 5) is 12.0. The monoisotopic (exact) mass is 357 g/mol. The van der Waals surface area contributed by atoms with E-state index in [1.807, 2.05) is 6.08 Å². The van der Waals surface area contributed by atoms with Crippen LogP contribution in [0.4, 0.5) is 0 Å². The molecule has 3 N–H and O–H groups in total. The number of hydrogen-bond acceptors (Lipinski definition) is 4. The van der Waals surface area contributed by atoms with Crippen molar-refractivity contribution < 1.29 is 13.2 Å². The molecule has 3 rings (SSSR count). The van der Waals surface area contributed by atoms with Gasteiger partial charge >= 0.3 is 0 Å². The fraction of sp³-hybridized carbons (Fsp3) is 0.400. The SMILES string of the molecule is Cl.O=C1NCCc2ccc(S(=O)(=O)NCC3=CCNCC3)cc21. The molecular formula is C15H20ClN3O3S. The van der Waals surface area contributed by atoms with E-state index in [-0.39, 0.29) is 23.2 Å². The standard InChI is InChI=1S/C15H19N3O3S.ClH/c19-15-14-9-13(2-1-12(14)5-8-17-15)22(20,21)18-10-11-3-6-16-7-4-11;/h1-3,9,16,18H,4-8,10H2,(H,17,19);1H. The predicted molar refractivity (Wildman–Crippen MR) is 90.5 cm³/mol. The molecule has 0 saturated carbocycles. The Balaban J connectivity index is 0.00000192. The molecule has 2 heterocycles. The molecule has 1 aromatic rings. The van der Waals surface area contributed by atoms with Gasteiger partial charge in [0, 0.05) is 25.2 Å². The van der Waals surface area contributed by atoms with E-state index in [0.29, 0.717) is 18.7 Å². The van der Waals surface area contributed by atoms with Crippen molar-refractivity contribution in [3.05, 3.63) is 41.0 Å². The molecule has 126 valence electrons. The maximum absolute atomic E-state index is 12.4. The quantitative estimate of drug-likeness (QED) is 0.688. The maximum atomic E-state index is 12.4. The van der Waals surface area contributed by atoms with Gasteiger partial charge in [0.15, 0.2) is 0 Å². The highest BCUT2D eigenvalue weighted by Crippen LogP contribution is 2.19. The topological polar surface area (TPSA) is 87.3 Å². The Hall–Kier alpha value is -1.41. The average molecular weight is 358 g/mol. The van der Waals surface area contributed by atoms with Crippen LogP contribution >= 0.6 is 12.4 Å². The minimum absolute atomic E-state index is 0. The largest absolute Gasteiger partial charge is 0.352 e. The first-order valence-corrected chi connectivity index (χ1v) is 8.84. The van der Waals surface area contributed by atoms with E-state index in [4.69, 9.17) is 0 Å². The van der Waals surface area contributed by atoms with Crippen LogP contribution in [0.2, 0.25) is 0 Å². The van der Waals surface area contributed by atoms with Gasteiger partial charge in [-0.05, 0) is 37.1 Å². The van der Waals surface area contributed by atoms with Crippen LogP contribution in [-0.2, 0) is 16.4 Å². The smallest absolute Gasteiger partial charge is 0.251 e. The molecule has 0 aliphatic carbocycles. The lowest BCUT2D eigenvalue weighted by Gasteiger charge is -2.18. The van der Waals surface area contributed by atoms with Crippen molar-refractivity contribution in [2.45, 2.75) is 17.7 Å². The second-order valence-electron chi connectivity index (χ2n) is 5.47. The molecule has 8 heteroatoms. The summed E-state index contributed by atoms with van der Waals surface area (Å²) in [6.07, 6.45) is 3.58. The molecule has 2 aliphatic heterocycles. The van der Waals surface area contributed by atoms with Crippen LogP contribution in [-0.4, -0.2) is 40.5 Å². The number of benzene rings is 1. The Kier molecular flexibility index (Phi) is 5.80. The van der Waals surface area contributed by atoms with Crippen LogP contribution in [0.3, 0.4) is 0 Å². The van der Waals surface area contributed by atoms with Crippen LogP contribution in [0.5, 0.6) is 0 Å². The Morgan fingerprint density at radius 1 is 1.17 bits per heavy atom. The average Bonchev–Trinajstić information content (AvgIpc) is 2.54. The van der Waals surface area contributed by atoms with Gasteiger partial charge in [-0.3, -0.25) is 4.79 Å². The molecule has 0 radical (unpaired) electrons. The van der Waals surface area contributed by atoms with Gasteiger partial charge in [-0.15, -0.1) is 12.4 Å². The minimum Gasteiger partial charge on any atom is -0.352 e. The van der Waals surface area contributed by atoms with E-state index >= 15 is 0 Å². The summed E-state index contributed by atoms with van der Waals surface area (Å²) in [7, 11) is -3.61. The predicted octanol–water partition coefficient (Wildman–Crippen LogP) is 0.592. The first-order chi connectivity index (χ1) is 10.6. The van der Waals surface area contributed by atoms with Gasteiger partial charge < -0.3 is 10.6 Å². The van der Waals surface area contributed by atoms with Crippen molar-refractivity contribution >= 4 is 28.3 Å². The maximum Gasteiger partial charge on any atom is 0.251 e. The molecular weight excluding hydrogens is 338 g/mol. The Morgan fingerprint density at radius 3 is 2.74 bits per heavy atom. The van der Waals surface area contributed by atoms with Crippen molar-refractivity contribution in [2.24, 2.45) is 0 Å². The van der Waals surface area contributed by atoms with Crippen molar-refractivity contribution in [1.82, 2.24) is 15.4 Å². The van der Waals surface area contributed by atoms with Crippen LogP contribution in [0.1, 0.15) is 22.3 Å². The van der Waals surface area contributed by atoms with Gasteiger partial charge in [-0.25, -0.2) is 13.1 Å². The van der Waals surface area contributed by atoms with Gasteiger partial charge in [-0.1, -0.05) is 17.7 Å². The molecule has 0 fully saturated rings. The Bertz CT molecular complexity index is 731. The van der Waals surface area contributed by atoms with E-state index in [1.54, 1.807) is 12.1 Å². The summed E-state index contributed by atoms with van der Waals surface area (Å²) in [5.74, 6) is -0.209. The number of amides is 1. The third-order valence-corrected chi connectivity index (χ3v) is 5.36. The van der Waals surface area contributed by atoms with Crippen LogP contribution in [0.25, 0.3) is 0 Å². The number of fused-ring (bicyclic) bond motifs is 1. The van der Waals surface area contributed by atoms with Crippen molar-refractivity contribution in [3.8, 4) is 0 Å². The first kappa shape index (κ1) is 17.9. The van der Waals surface area contributed by atoms with Gasteiger partial charge in [-0.2, -0.15) is 0 Å². The van der Waals surface area contributed by atoms with Crippen molar-refractivity contribution in [2.75, 3.05) is 26.2 Å². The molecule has 1 aromatic carbocycles. The number of carbonyl (C=O) groups is 1. The van der Waals surface area contributed by atoms with Gasteiger partial charge in [0.2, 0.25) is 10.0 Å². The lowest BCUT2D eigenvalue weighted by atomic mass is 10.0. The molecule has 0 unspecified atom stereocenters. The number of hydrogen-bond donors (Lipinski definition) is 3. The summed E-state index contributed by atoms with van der Waals surface area (Å²) in [6, 6.07) is 4.76. The van der Waals surface area contributed by atoms with E-state index < -0.39 is 10.0 Å². The van der Waals surface area contributed by atoms with E-state index in [0.717, 1.165) is 37.1 Å². The highest BCUT2D eigenvalue weighted by atomic mass is 35.5. The normalized spacial score (nSPS) is 17.6. The Labute approximate surface area is 142 Å². The molecule has 23 heavy (non-hydrogen) atoms. The van der Waals surface area contributed by atoms with Crippen LogP contribution < -0.4 is 15.4 Å². The fourth-order valence-corrected chi connectivity index (χ4v) is 3.72. The third-order valence-electron chi connectivity index (χ3n) is 3.96. The zero-order valence-electron chi connectivity index (χ0n) is 12.6. The second kappa shape index (κ2) is 7.44. The van der Waals surface area contributed by atoms with Crippen molar-refractivity contribution in [3.63, 3.8) is 0 Å². The Morgan fingerprint density at radius 2 is 2.00 bits per heavy atom. The van der Waals surface area contributed by atoms with Gasteiger partial charge in [0.05, 0.1) is 4.90 Å². The molecule has 0 atom stereocenters. The molecule has 0 saturated heterocycles.